The van der Waals surface area contributed by atoms with Gasteiger partial charge in [0, 0.05) is 24.6 Å². The minimum absolute atomic E-state index is 0.00663. The molecule has 0 saturated heterocycles. The van der Waals surface area contributed by atoms with Crippen molar-refractivity contribution in [3.05, 3.63) is 0 Å². The Labute approximate surface area is 101 Å². The Bertz CT molecular complexity index is 223. The zero-order valence-corrected chi connectivity index (χ0v) is 11.6. The monoisotopic (exact) mass is 227 g/mol. The van der Waals surface area contributed by atoms with Gasteiger partial charge in [0.05, 0.1) is 0 Å². The van der Waals surface area contributed by atoms with Crippen molar-refractivity contribution in [3.63, 3.8) is 0 Å². The molecule has 1 aliphatic carbocycles. The van der Waals surface area contributed by atoms with Crippen LogP contribution in [0.1, 0.15) is 53.9 Å². The lowest BCUT2D eigenvalue weighted by molar-refractivity contribution is 0.118. The minimum Gasteiger partial charge on any atom is -0.396 e. The van der Waals surface area contributed by atoms with E-state index in [-0.39, 0.29) is 12.0 Å². The van der Waals surface area contributed by atoms with Crippen LogP contribution in [-0.2, 0) is 0 Å². The Hall–Kier alpha value is -0.0800. The summed E-state index contributed by atoms with van der Waals surface area (Å²) in [5.74, 6) is 0.748. The quantitative estimate of drug-likeness (QED) is 0.774. The average molecular weight is 227 g/mol. The van der Waals surface area contributed by atoms with Crippen LogP contribution in [0.25, 0.3) is 0 Å². The van der Waals surface area contributed by atoms with Gasteiger partial charge in [-0.15, -0.1) is 0 Å². The van der Waals surface area contributed by atoms with E-state index in [9.17, 15) is 5.11 Å². The maximum absolute atomic E-state index is 9.23. The summed E-state index contributed by atoms with van der Waals surface area (Å²) in [5.41, 5.74) is 0.525. The molecule has 2 unspecified atom stereocenters. The SMILES string of the molecule is CC1CC(C)(C)CCC1NCC(C)(C)CO. The number of hydrogen-bond acceptors (Lipinski definition) is 2. The van der Waals surface area contributed by atoms with Crippen molar-refractivity contribution < 1.29 is 5.11 Å². The first kappa shape index (κ1) is 14.0. The van der Waals surface area contributed by atoms with Crippen LogP contribution in [0.15, 0.2) is 0 Å². The molecule has 1 rings (SSSR count). The number of nitrogens with one attached hydrogen (secondary N) is 1. The van der Waals surface area contributed by atoms with Crippen LogP contribution in [0.5, 0.6) is 0 Å². The van der Waals surface area contributed by atoms with Gasteiger partial charge in [0.2, 0.25) is 0 Å². The van der Waals surface area contributed by atoms with E-state index < -0.39 is 0 Å². The van der Waals surface area contributed by atoms with Gasteiger partial charge in [-0.2, -0.15) is 0 Å². The van der Waals surface area contributed by atoms with Crippen LogP contribution in [0, 0.1) is 16.7 Å². The first-order valence-electron chi connectivity index (χ1n) is 6.60. The van der Waals surface area contributed by atoms with Crippen LogP contribution >= 0.6 is 0 Å². The fraction of sp³-hybridized carbons (Fsp3) is 1.00. The van der Waals surface area contributed by atoms with Gasteiger partial charge in [0.1, 0.15) is 0 Å². The van der Waals surface area contributed by atoms with E-state index in [0.29, 0.717) is 11.5 Å². The van der Waals surface area contributed by atoms with Crippen molar-refractivity contribution in [2.24, 2.45) is 16.7 Å². The van der Waals surface area contributed by atoms with Gasteiger partial charge in [-0.05, 0) is 30.6 Å². The van der Waals surface area contributed by atoms with Crippen LogP contribution < -0.4 is 5.32 Å². The third-order valence-corrected chi connectivity index (χ3v) is 3.96. The highest BCUT2D eigenvalue weighted by Gasteiger charge is 2.32. The molecule has 1 saturated carbocycles. The second-order valence-corrected chi connectivity index (χ2v) is 7.19. The summed E-state index contributed by atoms with van der Waals surface area (Å²) in [7, 11) is 0. The molecule has 1 fully saturated rings. The Morgan fingerprint density at radius 1 is 1.38 bits per heavy atom. The summed E-state index contributed by atoms with van der Waals surface area (Å²) in [4.78, 5) is 0. The molecule has 16 heavy (non-hydrogen) atoms. The molecular formula is C14H29NO. The maximum atomic E-state index is 9.23. The molecule has 2 N–H and O–H groups in total. The molecule has 0 aromatic heterocycles. The normalized spacial score (nSPS) is 30.4. The van der Waals surface area contributed by atoms with E-state index in [1.807, 2.05) is 0 Å². The van der Waals surface area contributed by atoms with Crippen LogP contribution in [0.3, 0.4) is 0 Å². The topological polar surface area (TPSA) is 32.3 Å². The first-order valence-corrected chi connectivity index (χ1v) is 6.60. The van der Waals surface area contributed by atoms with Crippen molar-refractivity contribution in [2.75, 3.05) is 13.2 Å². The zero-order valence-electron chi connectivity index (χ0n) is 11.6. The van der Waals surface area contributed by atoms with E-state index >= 15 is 0 Å². The molecule has 2 nitrogen and oxygen atoms in total. The second-order valence-electron chi connectivity index (χ2n) is 7.19. The van der Waals surface area contributed by atoms with E-state index in [1.54, 1.807) is 0 Å². The molecule has 0 aliphatic heterocycles. The van der Waals surface area contributed by atoms with Gasteiger partial charge >= 0.3 is 0 Å². The first-order chi connectivity index (χ1) is 7.26. The molecule has 0 bridgehead atoms. The van der Waals surface area contributed by atoms with E-state index in [1.165, 1.54) is 19.3 Å². The summed E-state index contributed by atoms with van der Waals surface area (Å²) >= 11 is 0. The molecule has 96 valence electrons. The van der Waals surface area contributed by atoms with E-state index in [2.05, 4.69) is 39.9 Å². The smallest absolute Gasteiger partial charge is 0.0494 e. The molecule has 2 atom stereocenters. The van der Waals surface area contributed by atoms with Gasteiger partial charge in [-0.1, -0.05) is 34.6 Å². The Balaban J connectivity index is 2.39. The van der Waals surface area contributed by atoms with Gasteiger partial charge in [0.25, 0.3) is 0 Å². The Morgan fingerprint density at radius 3 is 2.50 bits per heavy atom. The Morgan fingerprint density at radius 2 is 2.00 bits per heavy atom. The van der Waals surface area contributed by atoms with Crippen LogP contribution in [0.2, 0.25) is 0 Å². The molecular weight excluding hydrogens is 198 g/mol. The van der Waals surface area contributed by atoms with E-state index in [4.69, 9.17) is 0 Å². The van der Waals surface area contributed by atoms with Gasteiger partial charge in [-0.3, -0.25) is 0 Å². The lowest BCUT2D eigenvalue weighted by Crippen LogP contribution is -2.45. The van der Waals surface area contributed by atoms with Crippen molar-refractivity contribution in [1.29, 1.82) is 0 Å². The molecule has 0 radical (unpaired) electrons. The van der Waals surface area contributed by atoms with Gasteiger partial charge in [0.15, 0.2) is 0 Å². The molecule has 0 heterocycles. The number of hydrogen-bond donors (Lipinski definition) is 2. The zero-order chi connectivity index (χ0) is 12.4. The van der Waals surface area contributed by atoms with Crippen molar-refractivity contribution >= 4 is 0 Å². The third-order valence-electron chi connectivity index (χ3n) is 3.96. The van der Waals surface area contributed by atoms with Crippen molar-refractivity contribution in [3.8, 4) is 0 Å². The number of rotatable bonds is 4. The molecule has 2 heteroatoms. The predicted molar refractivity (Wildman–Crippen MR) is 69.5 cm³/mol. The van der Waals surface area contributed by atoms with Crippen molar-refractivity contribution in [2.45, 2.75) is 59.9 Å². The number of aliphatic hydroxyl groups is 1. The fourth-order valence-electron chi connectivity index (χ4n) is 2.71. The van der Waals surface area contributed by atoms with Gasteiger partial charge < -0.3 is 10.4 Å². The fourth-order valence-corrected chi connectivity index (χ4v) is 2.71. The molecule has 0 aromatic carbocycles. The molecule has 1 aliphatic rings. The predicted octanol–water partition coefficient (Wildman–Crippen LogP) is 2.81. The highest BCUT2D eigenvalue weighted by Crippen LogP contribution is 2.38. The van der Waals surface area contributed by atoms with Crippen LogP contribution in [-0.4, -0.2) is 24.3 Å². The van der Waals surface area contributed by atoms with Gasteiger partial charge in [-0.25, -0.2) is 0 Å². The highest BCUT2D eigenvalue weighted by atomic mass is 16.3. The summed E-state index contributed by atoms with van der Waals surface area (Å²) in [6, 6.07) is 0.638. The summed E-state index contributed by atoms with van der Waals surface area (Å²) < 4.78 is 0. The maximum Gasteiger partial charge on any atom is 0.0494 e. The van der Waals surface area contributed by atoms with Crippen molar-refractivity contribution in [1.82, 2.24) is 5.32 Å². The molecule has 0 amide bonds. The van der Waals surface area contributed by atoms with Crippen LogP contribution in [0.4, 0.5) is 0 Å². The summed E-state index contributed by atoms with van der Waals surface area (Å²) in [6.07, 6.45) is 3.90. The lowest BCUT2D eigenvalue weighted by atomic mass is 9.70. The molecule has 0 spiro atoms. The van der Waals surface area contributed by atoms with E-state index in [0.717, 1.165) is 12.5 Å². The number of aliphatic hydroxyl groups excluding tert-OH is 1. The summed E-state index contributed by atoms with van der Waals surface area (Å²) in [5, 5.41) is 12.9. The Kier molecular flexibility index (Phi) is 4.42. The molecule has 0 aromatic rings. The minimum atomic E-state index is 0.00663. The largest absolute Gasteiger partial charge is 0.396 e. The third kappa shape index (κ3) is 4.06. The average Bonchev–Trinajstić information content (AvgIpc) is 2.15. The highest BCUT2D eigenvalue weighted by molar-refractivity contribution is 4.87. The second kappa shape index (κ2) is 5.05. The summed E-state index contributed by atoms with van der Waals surface area (Å²) in [6.45, 7) is 12.5. The lowest BCUT2D eigenvalue weighted by Gasteiger charge is -2.40. The standard InChI is InChI=1S/C14H29NO/c1-11-8-13(2,3)7-6-12(11)15-9-14(4,5)10-16/h11-12,15-16H,6-10H2,1-5H3.